The molecule has 0 aliphatic heterocycles. The topological polar surface area (TPSA) is 73.3 Å². The van der Waals surface area contributed by atoms with Crippen LogP contribution in [0.5, 0.6) is 11.6 Å². The molecule has 1 aliphatic carbocycles. The summed E-state index contributed by atoms with van der Waals surface area (Å²) >= 11 is 0. The quantitative estimate of drug-likeness (QED) is 0.876. The van der Waals surface area contributed by atoms with Crippen molar-refractivity contribution in [2.75, 3.05) is 7.11 Å². The number of rotatable bonds is 6. The molecule has 0 saturated heterocycles. The van der Waals surface area contributed by atoms with E-state index in [4.69, 9.17) is 4.74 Å². The number of carbonyl (C=O) groups is 1. The summed E-state index contributed by atoms with van der Waals surface area (Å²) in [7, 11) is 1.15. The Hall–Kier alpha value is -2.77. The Morgan fingerprint density at radius 3 is 2.67 bits per heavy atom. The van der Waals surface area contributed by atoms with Crippen LogP contribution in [0.25, 0.3) is 0 Å². The van der Waals surface area contributed by atoms with Gasteiger partial charge in [0.25, 0.3) is 5.91 Å². The van der Waals surface area contributed by atoms with Gasteiger partial charge in [-0.2, -0.15) is 0 Å². The standard InChI is InChI=1S/C16H15F2N3O3/c1-23-14-12(17)4-9(5-13(14)18)15(22)20-7-10-6-19-8-21-16(10)24-11-2-3-11/h4-6,8,11H,2-3,7H2,1H3,(H,20,22). The molecule has 2 aromatic rings. The fraction of sp³-hybridized carbons (Fsp3) is 0.312. The molecular formula is C16H15F2N3O3. The van der Waals surface area contributed by atoms with Gasteiger partial charge in [0, 0.05) is 18.3 Å². The summed E-state index contributed by atoms with van der Waals surface area (Å²) in [6.45, 7) is 0.0804. The number of amides is 1. The molecule has 8 heteroatoms. The highest BCUT2D eigenvalue weighted by molar-refractivity contribution is 5.94. The Balaban J connectivity index is 1.70. The predicted molar refractivity (Wildman–Crippen MR) is 79.8 cm³/mol. The molecular weight excluding hydrogens is 320 g/mol. The molecule has 0 atom stereocenters. The molecule has 1 heterocycles. The van der Waals surface area contributed by atoms with Crippen LogP contribution >= 0.6 is 0 Å². The predicted octanol–water partition coefficient (Wildman–Crippen LogP) is 2.23. The van der Waals surface area contributed by atoms with E-state index in [-0.39, 0.29) is 18.2 Å². The third-order valence-corrected chi connectivity index (χ3v) is 3.45. The van der Waals surface area contributed by atoms with Gasteiger partial charge in [0.15, 0.2) is 17.4 Å². The van der Waals surface area contributed by atoms with Gasteiger partial charge >= 0.3 is 0 Å². The normalized spacial score (nSPS) is 13.5. The lowest BCUT2D eigenvalue weighted by atomic mass is 10.2. The van der Waals surface area contributed by atoms with Crippen LogP contribution in [0.3, 0.4) is 0 Å². The number of aromatic nitrogens is 2. The van der Waals surface area contributed by atoms with Gasteiger partial charge in [0.1, 0.15) is 12.4 Å². The van der Waals surface area contributed by atoms with Gasteiger partial charge in [-0.05, 0) is 25.0 Å². The number of nitrogens with one attached hydrogen (secondary N) is 1. The molecule has 0 radical (unpaired) electrons. The second-order valence-corrected chi connectivity index (χ2v) is 5.33. The molecule has 1 aromatic heterocycles. The summed E-state index contributed by atoms with van der Waals surface area (Å²) in [4.78, 5) is 20.0. The minimum Gasteiger partial charge on any atom is -0.491 e. The van der Waals surface area contributed by atoms with E-state index in [9.17, 15) is 13.6 Å². The number of carbonyl (C=O) groups excluding carboxylic acids is 1. The van der Waals surface area contributed by atoms with Crippen LogP contribution < -0.4 is 14.8 Å². The molecule has 0 unspecified atom stereocenters. The number of halogens is 2. The van der Waals surface area contributed by atoms with Gasteiger partial charge in [-0.1, -0.05) is 0 Å². The zero-order valence-corrected chi connectivity index (χ0v) is 12.9. The van der Waals surface area contributed by atoms with Crippen molar-refractivity contribution in [3.05, 3.63) is 47.4 Å². The SMILES string of the molecule is COc1c(F)cc(C(=O)NCc2cncnc2OC2CC2)cc1F. The molecule has 1 aliphatic rings. The van der Waals surface area contributed by atoms with E-state index in [1.54, 1.807) is 0 Å². The summed E-state index contributed by atoms with van der Waals surface area (Å²) < 4.78 is 37.5. The molecule has 1 fully saturated rings. The molecule has 0 spiro atoms. The third kappa shape index (κ3) is 3.58. The highest BCUT2D eigenvalue weighted by Crippen LogP contribution is 2.27. The number of benzene rings is 1. The fourth-order valence-corrected chi connectivity index (χ4v) is 2.08. The molecule has 6 nitrogen and oxygen atoms in total. The van der Waals surface area contributed by atoms with Crippen molar-refractivity contribution in [1.29, 1.82) is 0 Å². The van der Waals surface area contributed by atoms with E-state index in [1.807, 2.05) is 0 Å². The Morgan fingerprint density at radius 2 is 2.04 bits per heavy atom. The van der Waals surface area contributed by atoms with Crippen LogP contribution in [-0.4, -0.2) is 29.1 Å². The van der Waals surface area contributed by atoms with Crippen molar-refractivity contribution < 1.29 is 23.0 Å². The second kappa shape index (κ2) is 6.77. The maximum absolute atomic E-state index is 13.7. The van der Waals surface area contributed by atoms with Crippen molar-refractivity contribution in [2.45, 2.75) is 25.5 Å². The number of methoxy groups -OCH3 is 1. The third-order valence-electron chi connectivity index (χ3n) is 3.45. The summed E-state index contributed by atoms with van der Waals surface area (Å²) in [5.41, 5.74) is 0.444. The molecule has 3 rings (SSSR count). The van der Waals surface area contributed by atoms with E-state index < -0.39 is 23.3 Å². The monoisotopic (exact) mass is 335 g/mol. The Morgan fingerprint density at radius 1 is 1.33 bits per heavy atom. The van der Waals surface area contributed by atoms with Gasteiger partial charge in [0.2, 0.25) is 5.88 Å². The maximum atomic E-state index is 13.7. The van der Waals surface area contributed by atoms with E-state index in [0.717, 1.165) is 32.1 Å². The molecule has 1 amide bonds. The van der Waals surface area contributed by atoms with Gasteiger partial charge in [-0.25, -0.2) is 18.7 Å². The summed E-state index contributed by atoms with van der Waals surface area (Å²) in [5, 5.41) is 2.57. The highest BCUT2D eigenvalue weighted by atomic mass is 19.1. The minimum absolute atomic E-state index is 0.0804. The van der Waals surface area contributed by atoms with Gasteiger partial charge < -0.3 is 14.8 Å². The van der Waals surface area contributed by atoms with E-state index >= 15 is 0 Å². The van der Waals surface area contributed by atoms with Crippen molar-refractivity contribution in [3.8, 4) is 11.6 Å². The smallest absolute Gasteiger partial charge is 0.251 e. The average molecular weight is 335 g/mol. The second-order valence-electron chi connectivity index (χ2n) is 5.33. The minimum atomic E-state index is -0.941. The Labute approximate surface area is 136 Å². The summed E-state index contributed by atoms with van der Waals surface area (Å²) in [5.74, 6) is -2.63. The first-order valence-corrected chi connectivity index (χ1v) is 7.35. The van der Waals surface area contributed by atoms with Crippen molar-refractivity contribution >= 4 is 5.91 Å². The first kappa shape index (κ1) is 16.1. The zero-order chi connectivity index (χ0) is 17.1. The number of hydrogen-bond donors (Lipinski definition) is 1. The van der Waals surface area contributed by atoms with E-state index in [0.29, 0.717) is 11.4 Å². The molecule has 0 bridgehead atoms. The van der Waals surface area contributed by atoms with Crippen molar-refractivity contribution in [3.63, 3.8) is 0 Å². The molecule has 126 valence electrons. The largest absolute Gasteiger partial charge is 0.491 e. The van der Waals surface area contributed by atoms with Crippen LogP contribution in [0.1, 0.15) is 28.8 Å². The van der Waals surface area contributed by atoms with Crippen molar-refractivity contribution in [1.82, 2.24) is 15.3 Å². The van der Waals surface area contributed by atoms with Gasteiger partial charge in [-0.15, -0.1) is 0 Å². The Bertz CT molecular complexity index is 743. The Kier molecular flexibility index (Phi) is 4.54. The lowest BCUT2D eigenvalue weighted by Gasteiger charge is -2.11. The molecule has 1 saturated carbocycles. The maximum Gasteiger partial charge on any atom is 0.251 e. The molecule has 1 aromatic carbocycles. The first-order valence-electron chi connectivity index (χ1n) is 7.35. The summed E-state index contributed by atoms with van der Waals surface area (Å²) in [6, 6.07) is 1.83. The summed E-state index contributed by atoms with van der Waals surface area (Å²) in [6.07, 6.45) is 4.98. The van der Waals surface area contributed by atoms with E-state index in [1.165, 1.54) is 12.5 Å². The van der Waals surface area contributed by atoms with Crippen LogP contribution in [0.15, 0.2) is 24.7 Å². The van der Waals surface area contributed by atoms with Crippen LogP contribution in [0, 0.1) is 11.6 Å². The zero-order valence-electron chi connectivity index (χ0n) is 12.9. The average Bonchev–Trinajstić information content (AvgIpc) is 3.37. The lowest BCUT2D eigenvalue weighted by Crippen LogP contribution is -2.24. The number of hydrogen-bond acceptors (Lipinski definition) is 5. The highest BCUT2D eigenvalue weighted by Gasteiger charge is 2.25. The van der Waals surface area contributed by atoms with E-state index in [2.05, 4.69) is 20.0 Å². The number of nitrogens with zero attached hydrogens (tertiary/aromatic N) is 2. The van der Waals surface area contributed by atoms with Gasteiger partial charge in [-0.3, -0.25) is 4.79 Å². The lowest BCUT2D eigenvalue weighted by molar-refractivity contribution is 0.0949. The van der Waals surface area contributed by atoms with Crippen LogP contribution in [0.2, 0.25) is 0 Å². The van der Waals surface area contributed by atoms with Crippen molar-refractivity contribution in [2.24, 2.45) is 0 Å². The molecule has 1 N–H and O–H groups in total. The van der Waals surface area contributed by atoms with Gasteiger partial charge in [0.05, 0.1) is 12.7 Å². The van der Waals surface area contributed by atoms with Crippen LogP contribution in [0.4, 0.5) is 8.78 Å². The number of ether oxygens (including phenoxy) is 2. The first-order chi connectivity index (χ1) is 11.6. The fourth-order valence-electron chi connectivity index (χ4n) is 2.08. The molecule has 24 heavy (non-hydrogen) atoms. The van der Waals surface area contributed by atoms with Crippen LogP contribution in [-0.2, 0) is 6.54 Å².